The third kappa shape index (κ3) is 8.21. The summed E-state index contributed by atoms with van der Waals surface area (Å²) in [5.41, 5.74) is 22.0. The molecule has 0 fully saturated rings. The van der Waals surface area contributed by atoms with Crippen LogP contribution in [0.3, 0.4) is 0 Å². The van der Waals surface area contributed by atoms with Crippen LogP contribution >= 0.6 is 0 Å². The molecule has 0 atom stereocenters. The summed E-state index contributed by atoms with van der Waals surface area (Å²) in [6.07, 6.45) is 9.21. The highest BCUT2D eigenvalue weighted by Gasteiger charge is 2.35. The molecule has 2 heteroatoms. The molecule has 1 aliphatic rings. The summed E-state index contributed by atoms with van der Waals surface area (Å²) in [6.45, 7) is 4.77. The standard InChI is InChI=1S/C91H60N2/c1-91(2)83-51-57(35-39-59-41-47-69(71-25-9-7-21-65(59)71)63-43-49-87-81(53-63)79-31-15-17-33-85(79)92(87)89-55-61-19-3-5-23-67(61)73-27-11-13-29-77(73)89)37-45-75(83)76-46-38-58(52-84(76)91)36-40-60-42-48-70(72-26-10-8-22-66(60)72)64-44-50-88-82(54-64)80-32-16-18-34-86(80)93(88)90-56-62-20-4-6-24-68(62)74-28-12-14-30-78(74)90/h3-56H,1-2H3/b39-35+,40-36+. The summed E-state index contributed by atoms with van der Waals surface area (Å²) in [6, 6.07) is 113. The molecular formula is C91H60N2. The van der Waals surface area contributed by atoms with Crippen molar-refractivity contribution in [2.75, 3.05) is 0 Å². The van der Waals surface area contributed by atoms with Crippen LogP contribution in [-0.2, 0) is 5.41 Å². The molecule has 434 valence electrons. The van der Waals surface area contributed by atoms with Gasteiger partial charge in [-0.1, -0.05) is 293 Å². The molecule has 0 aliphatic heterocycles. The van der Waals surface area contributed by atoms with Gasteiger partial charge in [0.1, 0.15) is 0 Å². The maximum Gasteiger partial charge on any atom is 0.0546 e. The van der Waals surface area contributed by atoms with Gasteiger partial charge in [-0.05, 0) is 169 Å². The first-order valence-corrected chi connectivity index (χ1v) is 32.5. The first kappa shape index (κ1) is 53.0. The van der Waals surface area contributed by atoms with Gasteiger partial charge in [0.15, 0.2) is 0 Å². The van der Waals surface area contributed by atoms with Gasteiger partial charge in [0.05, 0.1) is 33.4 Å². The Hall–Kier alpha value is -11.8. The first-order valence-electron chi connectivity index (χ1n) is 32.5. The number of benzene rings is 16. The lowest BCUT2D eigenvalue weighted by atomic mass is 9.81. The van der Waals surface area contributed by atoms with E-state index in [1.165, 1.54) is 186 Å². The minimum absolute atomic E-state index is 0.186. The quantitative estimate of drug-likeness (QED) is 0.106. The molecule has 0 amide bonds. The van der Waals surface area contributed by atoms with Gasteiger partial charge in [0.2, 0.25) is 0 Å². The molecule has 0 saturated heterocycles. The minimum Gasteiger partial charge on any atom is -0.309 e. The predicted molar refractivity (Wildman–Crippen MR) is 399 cm³/mol. The fourth-order valence-electron chi connectivity index (χ4n) is 16.0. The molecule has 0 bridgehead atoms. The molecule has 16 aromatic carbocycles. The molecule has 0 spiro atoms. The summed E-state index contributed by atoms with van der Waals surface area (Å²) < 4.78 is 4.95. The van der Waals surface area contributed by atoms with Crippen molar-refractivity contribution in [3.05, 3.63) is 337 Å². The lowest BCUT2D eigenvalue weighted by Gasteiger charge is -2.22. The SMILES string of the molecule is CC1(C)c2cc(/C=C/c3ccc(-c4ccc5c(c4)c4ccccc4n5-c4cc5ccccc5c5ccccc45)c4ccccc34)ccc2-c2ccc(/C=C/c3ccc(-c4ccc5c(c4)c4ccccc4n5-c4cc5ccccc5c5ccccc45)c4ccccc34)cc21. The number of fused-ring (bicyclic) bond motifs is 17. The van der Waals surface area contributed by atoms with E-state index >= 15 is 0 Å². The lowest BCUT2D eigenvalue weighted by molar-refractivity contribution is 0.660. The third-order valence-electron chi connectivity index (χ3n) is 20.5. The van der Waals surface area contributed by atoms with Crippen LogP contribution in [0.4, 0.5) is 0 Å². The van der Waals surface area contributed by atoms with E-state index in [1.807, 2.05) is 0 Å². The first-order chi connectivity index (χ1) is 45.9. The highest BCUT2D eigenvalue weighted by atomic mass is 15.0. The largest absolute Gasteiger partial charge is 0.309 e. The zero-order chi connectivity index (χ0) is 61.5. The Morgan fingerprint density at radius 3 is 1.02 bits per heavy atom. The maximum absolute atomic E-state index is 2.47. The van der Waals surface area contributed by atoms with E-state index in [2.05, 4.69) is 351 Å². The fraction of sp³-hybridized carbons (Fsp3) is 0.0330. The van der Waals surface area contributed by atoms with E-state index in [1.54, 1.807) is 0 Å². The van der Waals surface area contributed by atoms with Crippen molar-refractivity contribution in [2.24, 2.45) is 0 Å². The number of hydrogen-bond acceptors (Lipinski definition) is 0. The Labute approximate surface area is 539 Å². The van der Waals surface area contributed by atoms with Gasteiger partial charge in [-0.2, -0.15) is 0 Å². The van der Waals surface area contributed by atoms with Crippen molar-refractivity contribution in [1.82, 2.24) is 9.13 Å². The van der Waals surface area contributed by atoms with Crippen molar-refractivity contribution >= 4 is 133 Å². The zero-order valence-electron chi connectivity index (χ0n) is 51.6. The molecule has 19 rings (SSSR count). The lowest BCUT2D eigenvalue weighted by Crippen LogP contribution is -2.15. The highest BCUT2D eigenvalue weighted by Crippen LogP contribution is 2.50. The van der Waals surface area contributed by atoms with Crippen LogP contribution in [0.1, 0.15) is 47.2 Å². The second kappa shape index (κ2) is 20.6. The molecule has 0 radical (unpaired) electrons. The van der Waals surface area contributed by atoms with E-state index in [-0.39, 0.29) is 5.41 Å². The monoisotopic (exact) mass is 1180 g/mol. The maximum atomic E-state index is 2.47. The van der Waals surface area contributed by atoms with Gasteiger partial charge in [0, 0.05) is 37.7 Å². The average Bonchev–Trinajstić information content (AvgIpc) is 1.69. The predicted octanol–water partition coefficient (Wildman–Crippen LogP) is 24.8. The third-order valence-corrected chi connectivity index (χ3v) is 20.5. The van der Waals surface area contributed by atoms with Crippen LogP contribution in [-0.4, -0.2) is 9.13 Å². The summed E-state index contributed by atoms with van der Waals surface area (Å²) >= 11 is 0. The molecule has 1 aliphatic carbocycles. The molecule has 0 N–H and O–H groups in total. The van der Waals surface area contributed by atoms with E-state index in [0.717, 1.165) is 0 Å². The minimum atomic E-state index is -0.186. The van der Waals surface area contributed by atoms with Crippen LogP contribution in [0.5, 0.6) is 0 Å². The van der Waals surface area contributed by atoms with Crippen molar-refractivity contribution < 1.29 is 0 Å². The van der Waals surface area contributed by atoms with Crippen LogP contribution in [0, 0.1) is 0 Å². The van der Waals surface area contributed by atoms with E-state index in [0.29, 0.717) is 0 Å². The van der Waals surface area contributed by atoms with Gasteiger partial charge >= 0.3 is 0 Å². The van der Waals surface area contributed by atoms with Gasteiger partial charge in [-0.25, -0.2) is 0 Å². The Bertz CT molecular complexity index is 5890. The highest BCUT2D eigenvalue weighted by molar-refractivity contribution is 6.18. The summed E-state index contributed by atoms with van der Waals surface area (Å²) in [4.78, 5) is 0. The second-order valence-electron chi connectivity index (χ2n) is 25.9. The van der Waals surface area contributed by atoms with Gasteiger partial charge < -0.3 is 9.13 Å². The van der Waals surface area contributed by atoms with Gasteiger partial charge in [-0.3, -0.25) is 0 Å². The van der Waals surface area contributed by atoms with Crippen molar-refractivity contribution in [2.45, 2.75) is 19.3 Å². The molecule has 0 saturated carbocycles. The Kier molecular flexibility index (Phi) is 11.7. The summed E-state index contributed by atoms with van der Waals surface area (Å²) in [5, 5.41) is 20.0. The topological polar surface area (TPSA) is 9.86 Å². The number of nitrogens with zero attached hydrogens (tertiary/aromatic N) is 2. The normalized spacial score (nSPS) is 13.1. The molecule has 2 aromatic heterocycles. The molecule has 2 heterocycles. The average molecular weight is 1180 g/mol. The van der Waals surface area contributed by atoms with Crippen LogP contribution in [0.25, 0.3) is 177 Å². The smallest absolute Gasteiger partial charge is 0.0546 e. The molecule has 93 heavy (non-hydrogen) atoms. The van der Waals surface area contributed by atoms with Crippen molar-refractivity contribution in [3.63, 3.8) is 0 Å². The van der Waals surface area contributed by atoms with Gasteiger partial charge in [-0.15, -0.1) is 0 Å². The van der Waals surface area contributed by atoms with Crippen molar-refractivity contribution in [1.29, 1.82) is 0 Å². The van der Waals surface area contributed by atoms with E-state index < -0.39 is 0 Å². The number of aromatic nitrogens is 2. The second-order valence-corrected chi connectivity index (χ2v) is 25.9. The van der Waals surface area contributed by atoms with Gasteiger partial charge in [0.25, 0.3) is 0 Å². The van der Waals surface area contributed by atoms with Crippen molar-refractivity contribution in [3.8, 4) is 44.8 Å². The summed E-state index contributed by atoms with van der Waals surface area (Å²) in [5.74, 6) is 0. The fourth-order valence-corrected chi connectivity index (χ4v) is 16.0. The molecule has 0 unspecified atom stereocenters. The zero-order valence-corrected chi connectivity index (χ0v) is 51.6. The number of hydrogen-bond donors (Lipinski definition) is 0. The Balaban J connectivity index is 0.612. The number of para-hydroxylation sites is 2. The van der Waals surface area contributed by atoms with Crippen LogP contribution in [0.15, 0.2) is 303 Å². The Morgan fingerprint density at radius 1 is 0.237 bits per heavy atom. The van der Waals surface area contributed by atoms with E-state index in [9.17, 15) is 0 Å². The van der Waals surface area contributed by atoms with Crippen LogP contribution in [0.2, 0.25) is 0 Å². The van der Waals surface area contributed by atoms with E-state index in [4.69, 9.17) is 0 Å². The Morgan fingerprint density at radius 2 is 0.581 bits per heavy atom. The molecule has 18 aromatic rings. The molecule has 2 nitrogen and oxygen atoms in total. The van der Waals surface area contributed by atoms with Crippen LogP contribution < -0.4 is 0 Å². The summed E-state index contributed by atoms with van der Waals surface area (Å²) in [7, 11) is 0. The number of rotatable bonds is 8. The molecular weight excluding hydrogens is 1120 g/mol.